The maximum Gasteiger partial charge on any atom is 0.291 e. The summed E-state index contributed by atoms with van der Waals surface area (Å²) in [6, 6.07) is 6.10. The van der Waals surface area contributed by atoms with E-state index in [1.54, 1.807) is 0 Å². The average Bonchev–Trinajstić information content (AvgIpc) is 2.41. The van der Waals surface area contributed by atoms with E-state index in [-0.39, 0.29) is 11.4 Å². The SMILES string of the molecule is O=C(Nc1ncc([N+](=O)[O-])cc1O)c1ccccc1F. The number of aromatic nitrogens is 1. The molecule has 8 heteroatoms. The molecule has 0 saturated carbocycles. The Hall–Kier alpha value is -3.03. The fraction of sp³-hybridized carbons (Fsp3) is 0. The molecule has 0 atom stereocenters. The second-order valence-corrected chi connectivity index (χ2v) is 3.75. The molecule has 1 heterocycles. The molecule has 7 nitrogen and oxygen atoms in total. The van der Waals surface area contributed by atoms with Gasteiger partial charge in [0.1, 0.15) is 12.0 Å². The van der Waals surface area contributed by atoms with E-state index in [9.17, 15) is 24.4 Å². The zero-order valence-electron chi connectivity index (χ0n) is 9.91. The van der Waals surface area contributed by atoms with Crippen LogP contribution in [0.15, 0.2) is 36.5 Å². The van der Waals surface area contributed by atoms with E-state index in [1.165, 1.54) is 18.2 Å². The Kier molecular flexibility index (Phi) is 3.56. The zero-order chi connectivity index (χ0) is 14.7. The predicted molar refractivity (Wildman–Crippen MR) is 66.9 cm³/mol. The summed E-state index contributed by atoms with van der Waals surface area (Å²) in [7, 11) is 0. The molecule has 20 heavy (non-hydrogen) atoms. The van der Waals surface area contributed by atoms with Crippen molar-refractivity contribution in [3.8, 4) is 5.75 Å². The highest BCUT2D eigenvalue weighted by Gasteiger charge is 2.16. The zero-order valence-corrected chi connectivity index (χ0v) is 9.91. The molecule has 0 aliphatic rings. The Bertz CT molecular complexity index is 690. The molecular weight excluding hydrogens is 269 g/mol. The van der Waals surface area contributed by atoms with Gasteiger partial charge in [-0.1, -0.05) is 12.1 Å². The summed E-state index contributed by atoms with van der Waals surface area (Å²) in [5.41, 5.74) is -0.654. The predicted octanol–water partition coefficient (Wildman–Crippen LogP) is 2.09. The standard InChI is InChI=1S/C12H8FN3O4/c13-9-4-2-1-3-8(9)12(18)15-11-10(17)5-7(6-14-11)16(19)20/h1-6,17H,(H,14,15,18). The number of nitrogens with one attached hydrogen (secondary N) is 1. The van der Waals surface area contributed by atoms with Crippen LogP contribution in [0.5, 0.6) is 5.75 Å². The number of carbonyl (C=O) groups excluding carboxylic acids is 1. The lowest BCUT2D eigenvalue weighted by molar-refractivity contribution is -0.385. The summed E-state index contributed by atoms with van der Waals surface area (Å²) in [5.74, 6) is -2.42. The maximum absolute atomic E-state index is 13.4. The van der Waals surface area contributed by atoms with Gasteiger partial charge in [0, 0.05) is 0 Å². The third kappa shape index (κ3) is 2.69. The van der Waals surface area contributed by atoms with Gasteiger partial charge >= 0.3 is 0 Å². The van der Waals surface area contributed by atoms with Gasteiger partial charge in [0.25, 0.3) is 11.6 Å². The van der Waals surface area contributed by atoms with Crippen molar-refractivity contribution in [2.24, 2.45) is 0 Å². The molecule has 1 aromatic carbocycles. The van der Waals surface area contributed by atoms with Crippen molar-refractivity contribution in [3.05, 3.63) is 58.0 Å². The number of hydrogen-bond acceptors (Lipinski definition) is 5. The highest BCUT2D eigenvalue weighted by Crippen LogP contribution is 2.25. The first-order valence-electron chi connectivity index (χ1n) is 5.38. The number of nitro groups is 1. The molecule has 0 aliphatic carbocycles. The Morgan fingerprint density at radius 2 is 2.10 bits per heavy atom. The molecule has 1 amide bonds. The van der Waals surface area contributed by atoms with Gasteiger partial charge < -0.3 is 10.4 Å². The minimum atomic E-state index is -0.820. The monoisotopic (exact) mass is 277 g/mol. The van der Waals surface area contributed by atoms with E-state index < -0.39 is 28.1 Å². The molecule has 0 bridgehead atoms. The summed E-state index contributed by atoms with van der Waals surface area (Å²) < 4.78 is 13.4. The van der Waals surface area contributed by atoms with Crippen molar-refractivity contribution in [2.75, 3.05) is 5.32 Å². The summed E-state index contributed by atoms with van der Waals surface area (Å²) in [6.45, 7) is 0. The highest BCUT2D eigenvalue weighted by atomic mass is 19.1. The summed E-state index contributed by atoms with van der Waals surface area (Å²) in [6.07, 6.45) is 0.872. The largest absolute Gasteiger partial charge is 0.504 e. The smallest absolute Gasteiger partial charge is 0.291 e. The fourth-order valence-electron chi connectivity index (χ4n) is 1.46. The molecule has 0 aliphatic heterocycles. The van der Waals surface area contributed by atoms with Crippen LogP contribution in [0.4, 0.5) is 15.9 Å². The van der Waals surface area contributed by atoms with Gasteiger partial charge in [0.15, 0.2) is 11.6 Å². The van der Waals surface area contributed by atoms with Gasteiger partial charge in [-0.2, -0.15) is 0 Å². The van der Waals surface area contributed by atoms with Gasteiger partial charge in [-0.15, -0.1) is 0 Å². The Morgan fingerprint density at radius 1 is 1.40 bits per heavy atom. The van der Waals surface area contributed by atoms with Gasteiger partial charge in [-0.05, 0) is 12.1 Å². The van der Waals surface area contributed by atoms with Crippen molar-refractivity contribution in [1.29, 1.82) is 0 Å². The van der Waals surface area contributed by atoms with E-state index in [0.29, 0.717) is 0 Å². The van der Waals surface area contributed by atoms with E-state index in [4.69, 9.17) is 0 Å². The molecular formula is C12H8FN3O4. The van der Waals surface area contributed by atoms with Crippen LogP contribution >= 0.6 is 0 Å². The van der Waals surface area contributed by atoms with Crippen molar-refractivity contribution in [1.82, 2.24) is 4.98 Å². The molecule has 0 saturated heterocycles. The van der Waals surface area contributed by atoms with E-state index >= 15 is 0 Å². The van der Waals surface area contributed by atoms with Crippen molar-refractivity contribution in [2.45, 2.75) is 0 Å². The first-order chi connectivity index (χ1) is 9.49. The second-order valence-electron chi connectivity index (χ2n) is 3.75. The molecule has 2 N–H and O–H groups in total. The number of hydrogen-bond donors (Lipinski definition) is 2. The van der Waals surface area contributed by atoms with E-state index in [1.807, 2.05) is 0 Å². The van der Waals surface area contributed by atoms with Gasteiger partial charge in [-0.3, -0.25) is 14.9 Å². The molecule has 0 fully saturated rings. The molecule has 102 valence electrons. The number of amides is 1. The lowest BCUT2D eigenvalue weighted by Gasteiger charge is -2.06. The first-order valence-corrected chi connectivity index (χ1v) is 5.38. The van der Waals surface area contributed by atoms with Crippen molar-refractivity contribution in [3.63, 3.8) is 0 Å². The summed E-state index contributed by atoms with van der Waals surface area (Å²) in [5, 5.41) is 22.2. The Morgan fingerprint density at radius 3 is 2.70 bits per heavy atom. The van der Waals surface area contributed by atoms with Gasteiger partial charge in [-0.25, -0.2) is 9.37 Å². The molecule has 0 unspecified atom stereocenters. The number of pyridine rings is 1. The number of benzene rings is 1. The first kappa shape index (κ1) is 13.4. The number of carbonyl (C=O) groups is 1. The van der Waals surface area contributed by atoms with Crippen LogP contribution in [0.1, 0.15) is 10.4 Å². The maximum atomic E-state index is 13.4. The number of aromatic hydroxyl groups is 1. The lowest BCUT2D eigenvalue weighted by atomic mass is 10.2. The normalized spacial score (nSPS) is 10.1. The van der Waals surface area contributed by atoms with Crippen LogP contribution in [-0.4, -0.2) is 20.9 Å². The Labute approximate surface area is 111 Å². The van der Waals surface area contributed by atoms with Crippen molar-refractivity contribution < 1.29 is 19.2 Å². The molecule has 2 aromatic rings. The van der Waals surface area contributed by atoms with E-state index in [2.05, 4.69) is 10.3 Å². The number of anilines is 1. The molecule has 0 spiro atoms. The third-order valence-electron chi connectivity index (χ3n) is 2.41. The third-order valence-corrected chi connectivity index (χ3v) is 2.41. The van der Waals surface area contributed by atoms with Crippen LogP contribution in [0, 0.1) is 15.9 Å². The average molecular weight is 277 g/mol. The van der Waals surface area contributed by atoms with Crippen LogP contribution in [-0.2, 0) is 0 Å². The highest BCUT2D eigenvalue weighted by molar-refractivity contribution is 6.04. The Balaban J connectivity index is 2.25. The minimum absolute atomic E-state index is 0.230. The van der Waals surface area contributed by atoms with Crippen LogP contribution in [0.25, 0.3) is 0 Å². The quantitative estimate of drug-likeness (QED) is 0.660. The van der Waals surface area contributed by atoms with Crippen LogP contribution in [0.2, 0.25) is 0 Å². The van der Waals surface area contributed by atoms with Gasteiger partial charge in [0.05, 0.1) is 16.6 Å². The van der Waals surface area contributed by atoms with Crippen LogP contribution in [0.3, 0.4) is 0 Å². The number of halogens is 1. The number of nitrogens with zero attached hydrogens (tertiary/aromatic N) is 2. The van der Waals surface area contributed by atoms with Crippen molar-refractivity contribution >= 4 is 17.4 Å². The minimum Gasteiger partial charge on any atom is -0.504 e. The topological polar surface area (TPSA) is 105 Å². The number of rotatable bonds is 3. The second kappa shape index (κ2) is 5.31. The molecule has 1 aromatic heterocycles. The molecule has 2 rings (SSSR count). The van der Waals surface area contributed by atoms with Gasteiger partial charge in [0.2, 0.25) is 0 Å². The summed E-state index contributed by atoms with van der Waals surface area (Å²) >= 11 is 0. The summed E-state index contributed by atoms with van der Waals surface area (Å²) in [4.78, 5) is 25.0. The van der Waals surface area contributed by atoms with E-state index in [0.717, 1.165) is 18.3 Å². The fourth-order valence-corrected chi connectivity index (χ4v) is 1.46. The molecule has 0 radical (unpaired) electrons. The lowest BCUT2D eigenvalue weighted by Crippen LogP contribution is -2.14. The van der Waals surface area contributed by atoms with Crippen LogP contribution < -0.4 is 5.32 Å².